The Morgan fingerprint density at radius 2 is 2.35 bits per heavy atom. The zero-order valence-electron chi connectivity index (χ0n) is 10.1. The molecule has 0 aliphatic rings. The maximum absolute atomic E-state index is 13.2. The van der Waals surface area contributed by atoms with Gasteiger partial charge in [-0.25, -0.2) is 4.39 Å². The summed E-state index contributed by atoms with van der Waals surface area (Å²) in [4.78, 5) is 15.1. The number of nitrogens with zero attached hydrogens (tertiary/aromatic N) is 1. The standard InChI is InChI=1S/C12H17FN2O2/c1-9(2)17-7-3-5-15-12(16)10-4-6-14-8-11(10)13/h4,6,8-9H,3,5,7H2,1-2H3,(H,15,16). The lowest BCUT2D eigenvalue weighted by Gasteiger charge is -2.08. The lowest BCUT2D eigenvalue weighted by atomic mass is 10.2. The van der Waals surface area contributed by atoms with Crippen molar-refractivity contribution in [3.05, 3.63) is 29.8 Å². The van der Waals surface area contributed by atoms with Crippen LogP contribution in [0, 0.1) is 5.82 Å². The molecular formula is C12H17FN2O2. The van der Waals surface area contributed by atoms with Gasteiger partial charge in [-0.1, -0.05) is 0 Å². The van der Waals surface area contributed by atoms with Crippen molar-refractivity contribution < 1.29 is 13.9 Å². The topological polar surface area (TPSA) is 51.2 Å². The summed E-state index contributed by atoms with van der Waals surface area (Å²) < 4.78 is 18.5. The molecule has 5 heteroatoms. The molecule has 94 valence electrons. The highest BCUT2D eigenvalue weighted by atomic mass is 19.1. The Balaban J connectivity index is 2.29. The van der Waals surface area contributed by atoms with Crippen LogP contribution in [0.3, 0.4) is 0 Å². The van der Waals surface area contributed by atoms with Gasteiger partial charge in [0.25, 0.3) is 5.91 Å². The molecule has 0 aliphatic heterocycles. The van der Waals surface area contributed by atoms with E-state index in [0.717, 1.165) is 6.20 Å². The first-order valence-corrected chi connectivity index (χ1v) is 5.60. The Bertz CT molecular complexity index is 369. The number of ether oxygens (including phenoxy) is 1. The zero-order chi connectivity index (χ0) is 12.7. The summed E-state index contributed by atoms with van der Waals surface area (Å²) in [5, 5.41) is 2.63. The van der Waals surface area contributed by atoms with Crippen LogP contribution in [-0.4, -0.2) is 30.1 Å². The highest BCUT2D eigenvalue weighted by Crippen LogP contribution is 2.03. The monoisotopic (exact) mass is 240 g/mol. The van der Waals surface area contributed by atoms with Crippen LogP contribution in [0.5, 0.6) is 0 Å². The summed E-state index contributed by atoms with van der Waals surface area (Å²) in [6, 6.07) is 1.36. The molecule has 0 unspecified atom stereocenters. The third-order valence-corrected chi connectivity index (χ3v) is 2.07. The van der Waals surface area contributed by atoms with E-state index in [4.69, 9.17) is 4.74 Å². The van der Waals surface area contributed by atoms with Gasteiger partial charge < -0.3 is 10.1 Å². The highest BCUT2D eigenvalue weighted by molar-refractivity contribution is 5.94. The second-order valence-electron chi connectivity index (χ2n) is 3.88. The number of hydrogen-bond acceptors (Lipinski definition) is 3. The van der Waals surface area contributed by atoms with Gasteiger partial charge in [0.15, 0.2) is 5.82 Å². The lowest BCUT2D eigenvalue weighted by Crippen LogP contribution is -2.26. The molecule has 0 bridgehead atoms. The number of amides is 1. The molecule has 0 saturated heterocycles. The molecule has 1 heterocycles. The van der Waals surface area contributed by atoms with E-state index < -0.39 is 11.7 Å². The Kier molecular flexibility index (Phi) is 5.56. The van der Waals surface area contributed by atoms with Crippen molar-refractivity contribution in [3.8, 4) is 0 Å². The van der Waals surface area contributed by atoms with Gasteiger partial charge in [0.2, 0.25) is 0 Å². The predicted molar refractivity (Wildman–Crippen MR) is 62.2 cm³/mol. The van der Waals surface area contributed by atoms with Crippen molar-refractivity contribution >= 4 is 5.91 Å². The fraction of sp³-hybridized carbons (Fsp3) is 0.500. The van der Waals surface area contributed by atoms with E-state index in [0.29, 0.717) is 19.6 Å². The van der Waals surface area contributed by atoms with E-state index in [1.54, 1.807) is 0 Å². The quantitative estimate of drug-likeness (QED) is 0.771. The third kappa shape index (κ3) is 4.91. The van der Waals surface area contributed by atoms with Gasteiger partial charge in [-0.15, -0.1) is 0 Å². The molecule has 1 aromatic rings. The average Bonchev–Trinajstić information content (AvgIpc) is 2.28. The number of pyridine rings is 1. The minimum absolute atomic E-state index is 0.0183. The van der Waals surface area contributed by atoms with Gasteiger partial charge in [0, 0.05) is 19.3 Å². The Morgan fingerprint density at radius 3 is 3.00 bits per heavy atom. The molecule has 0 spiro atoms. The Labute approximate surface area is 100 Å². The zero-order valence-corrected chi connectivity index (χ0v) is 10.1. The molecule has 0 fully saturated rings. The summed E-state index contributed by atoms with van der Waals surface area (Å²) in [5.41, 5.74) is 0.0183. The maximum Gasteiger partial charge on any atom is 0.254 e. The van der Waals surface area contributed by atoms with Gasteiger partial charge in [-0.3, -0.25) is 9.78 Å². The van der Waals surface area contributed by atoms with E-state index in [1.807, 2.05) is 13.8 Å². The number of rotatable bonds is 6. The average molecular weight is 240 g/mol. The van der Waals surface area contributed by atoms with E-state index in [9.17, 15) is 9.18 Å². The second kappa shape index (κ2) is 6.96. The van der Waals surface area contributed by atoms with Crippen LogP contribution < -0.4 is 5.32 Å². The highest BCUT2D eigenvalue weighted by Gasteiger charge is 2.09. The molecule has 0 aromatic carbocycles. The summed E-state index contributed by atoms with van der Waals surface area (Å²) in [7, 11) is 0. The molecule has 4 nitrogen and oxygen atoms in total. The maximum atomic E-state index is 13.2. The molecule has 1 rings (SSSR count). The molecule has 0 radical (unpaired) electrons. The number of nitrogens with one attached hydrogen (secondary N) is 1. The van der Waals surface area contributed by atoms with E-state index in [2.05, 4.69) is 10.3 Å². The van der Waals surface area contributed by atoms with Gasteiger partial charge >= 0.3 is 0 Å². The van der Waals surface area contributed by atoms with Crippen LogP contribution in [0.1, 0.15) is 30.6 Å². The van der Waals surface area contributed by atoms with Crippen molar-refractivity contribution in [3.63, 3.8) is 0 Å². The molecule has 0 atom stereocenters. The van der Waals surface area contributed by atoms with E-state index in [1.165, 1.54) is 12.3 Å². The largest absolute Gasteiger partial charge is 0.379 e. The first kappa shape index (κ1) is 13.6. The SMILES string of the molecule is CC(C)OCCCNC(=O)c1ccncc1F. The van der Waals surface area contributed by atoms with Gasteiger partial charge in [0.05, 0.1) is 17.9 Å². The Morgan fingerprint density at radius 1 is 1.59 bits per heavy atom. The fourth-order valence-electron chi connectivity index (χ4n) is 1.25. The van der Waals surface area contributed by atoms with Crippen LogP contribution in [0.2, 0.25) is 0 Å². The number of halogens is 1. The minimum atomic E-state index is -0.608. The molecule has 1 amide bonds. The van der Waals surface area contributed by atoms with Crippen molar-refractivity contribution in [2.45, 2.75) is 26.4 Å². The number of aromatic nitrogens is 1. The predicted octanol–water partition coefficient (Wildman–Crippen LogP) is 1.77. The van der Waals surface area contributed by atoms with Gasteiger partial charge in [-0.2, -0.15) is 0 Å². The molecular weight excluding hydrogens is 223 g/mol. The van der Waals surface area contributed by atoms with Gasteiger partial charge in [-0.05, 0) is 26.3 Å². The molecule has 17 heavy (non-hydrogen) atoms. The number of carbonyl (C=O) groups excluding carboxylic acids is 1. The summed E-state index contributed by atoms with van der Waals surface area (Å²) in [5.74, 6) is -1.03. The number of carbonyl (C=O) groups is 1. The van der Waals surface area contributed by atoms with Crippen molar-refractivity contribution in [2.24, 2.45) is 0 Å². The molecule has 0 saturated carbocycles. The smallest absolute Gasteiger partial charge is 0.254 e. The summed E-state index contributed by atoms with van der Waals surface area (Å²) >= 11 is 0. The lowest BCUT2D eigenvalue weighted by molar-refractivity contribution is 0.0756. The number of hydrogen-bond donors (Lipinski definition) is 1. The van der Waals surface area contributed by atoms with Crippen LogP contribution in [0.25, 0.3) is 0 Å². The summed E-state index contributed by atoms with van der Waals surface area (Å²) in [6.45, 7) is 4.94. The second-order valence-corrected chi connectivity index (χ2v) is 3.88. The van der Waals surface area contributed by atoms with Crippen LogP contribution in [0.15, 0.2) is 18.5 Å². The van der Waals surface area contributed by atoms with Crippen molar-refractivity contribution in [1.82, 2.24) is 10.3 Å². The normalized spacial score (nSPS) is 10.6. The molecule has 1 aromatic heterocycles. The van der Waals surface area contributed by atoms with E-state index >= 15 is 0 Å². The van der Waals surface area contributed by atoms with Crippen LogP contribution >= 0.6 is 0 Å². The van der Waals surface area contributed by atoms with Crippen LogP contribution in [-0.2, 0) is 4.74 Å². The summed E-state index contributed by atoms with van der Waals surface area (Å²) in [6.07, 6.45) is 3.30. The van der Waals surface area contributed by atoms with Gasteiger partial charge in [0.1, 0.15) is 0 Å². The third-order valence-electron chi connectivity index (χ3n) is 2.07. The fourth-order valence-corrected chi connectivity index (χ4v) is 1.25. The van der Waals surface area contributed by atoms with Crippen molar-refractivity contribution in [2.75, 3.05) is 13.2 Å². The Hall–Kier alpha value is -1.49. The molecule has 1 N–H and O–H groups in total. The van der Waals surface area contributed by atoms with Crippen LogP contribution in [0.4, 0.5) is 4.39 Å². The minimum Gasteiger partial charge on any atom is -0.379 e. The van der Waals surface area contributed by atoms with E-state index in [-0.39, 0.29) is 11.7 Å². The molecule has 0 aliphatic carbocycles. The van der Waals surface area contributed by atoms with Crippen molar-refractivity contribution in [1.29, 1.82) is 0 Å². The first-order chi connectivity index (χ1) is 8.11. The first-order valence-electron chi connectivity index (χ1n) is 5.60.